The number of nitrogens with zero attached hydrogens (tertiary/aromatic N) is 1. The fraction of sp³-hybridized carbons (Fsp3) is 0.769. The highest BCUT2D eigenvalue weighted by Crippen LogP contribution is 2.15. The predicted molar refractivity (Wildman–Crippen MR) is 72.8 cm³/mol. The molecule has 0 aliphatic carbocycles. The van der Waals surface area contributed by atoms with Gasteiger partial charge in [0, 0.05) is 19.5 Å². The summed E-state index contributed by atoms with van der Waals surface area (Å²) in [5.74, 6) is -1.28. The molecule has 1 aliphatic heterocycles. The summed E-state index contributed by atoms with van der Waals surface area (Å²) in [5.41, 5.74) is 5.46. The number of amides is 2. The van der Waals surface area contributed by atoms with Crippen LogP contribution in [0.3, 0.4) is 0 Å². The minimum absolute atomic E-state index is 0.157. The third-order valence-corrected chi connectivity index (χ3v) is 3.53. The lowest BCUT2D eigenvalue weighted by Gasteiger charge is -2.34. The highest BCUT2D eigenvalue weighted by atomic mass is 16.4. The number of aliphatic carboxylic acids is 1. The van der Waals surface area contributed by atoms with Crippen molar-refractivity contribution in [2.24, 2.45) is 11.7 Å². The van der Waals surface area contributed by atoms with Gasteiger partial charge in [0.05, 0.1) is 6.42 Å². The van der Waals surface area contributed by atoms with Gasteiger partial charge in [-0.2, -0.15) is 0 Å². The summed E-state index contributed by atoms with van der Waals surface area (Å²) in [4.78, 5) is 36.1. The lowest BCUT2D eigenvalue weighted by molar-refractivity contribution is -0.148. The number of carboxylic acids is 1. The first-order valence-electron chi connectivity index (χ1n) is 6.94. The Morgan fingerprint density at radius 2 is 2.20 bits per heavy atom. The van der Waals surface area contributed by atoms with E-state index in [-0.39, 0.29) is 18.2 Å². The van der Waals surface area contributed by atoms with Gasteiger partial charge < -0.3 is 21.1 Å². The molecule has 0 aromatic carbocycles. The second kappa shape index (κ2) is 7.84. The van der Waals surface area contributed by atoms with E-state index in [2.05, 4.69) is 5.32 Å². The lowest BCUT2D eigenvalue weighted by Crippen LogP contribution is -2.57. The van der Waals surface area contributed by atoms with Gasteiger partial charge in [0.1, 0.15) is 6.04 Å². The van der Waals surface area contributed by atoms with Gasteiger partial charge in [-0.05, 0) is 25.3 Å². The molecule has 114 valence electrons. The van der Waals surface area contributed by atoms with E-state index in [9.17, 15) is 14.4 Å². The van der Waals surface area contributed by atoms with E-state index >= 15 is 0 Å². The van der Waals surface area contributed by atoms with Crippen molar-refractivity contribution >= 4 is 17.8 Å². The zero-order valence-electron chi connectivity index (χ0n) is 11.8. The van der Waals surface area contributed by atoms with Crippen LogP contribution in [0.1, 0.15) is 32.6 Å². The van der Waals surface area contributed by atoms with Crippen LogP contribution in [0, 0.1) is 5.92 Å². The third kappa shape index (κ3) is 4.80. The molecule has 2 amide bonds. The molecule has 0 spiro atoms. The van der Waals surface area contributed by atoms with Crippen LogP contribution in [0.2, 0.25) is 0 Å². The Labute approximate surface area is 118 Å². The van der Waals surface area contributed by atoms with Crippen LogP contribution in [-0.2, 0) is 14.4 Å². The number of piperazine rings is 1. The smallest absolute Gasteiger partial charge is 0.305 e. The number of carbonyl (C=O) groups is 3. The SMILES string of the molecule is CC(CCN)CCC(=O)N1CCNC(=O)C1CC(=O)O. The number of nitrogens with one attached hydrogen (secondary N) is 1. The molecule has 2 unspecified atom stereocenters. The summed E-state index contributed by atoms with van der Waals surface area (Å²) in [6.07, 6.45) is 1.53. The number of hydrogen-bond acceptors (Lipinski definition) is 4. The van der Waals surface area contributed by atoms with E-state index in [1.54, 1.807) is 0 Å². The molecule has 7 nitrogen and oxygen atoms in total. The number of nitrogens with two attached hydrogens (primary N) is 1. The zero-order valence-corrected chi connectivity index (χ0v) is 11.8. The molecular weight excluding hydrogens is 262 g/mol. The quantitative estimate of drug-likeness (QED) is 0.586. The van der Waals surface area contributed by atoms with Gasteiger partial charge in [0.2, 0.25) is 11.8 Å². The number of rotatable bonds is 7. The fourth-order valence-corrected chi connectivity index (χ4v) is 2.32. The molecule has 1 heterocycles. The predicted octanol–water partition coefficient (Wildman–Crippen LogP) is -0.447. The normalized spacial score (nSPS) is 20.4. The molecule has 0 bridgehead atoms. The molecule has 1 aliphatic rings. The Balaban J connectivity index is 2.58. The van der Waals surface area contributed by atoms with E-state index in [0.29, 0.717) is 38.4 Å². The first kappa shape index (κ1) is 16.4. The summed E-state index contributed by atoms with van der Waals surface area (Å²) >= 11 is 0. The Morgan fingerprint density at radius 1 is 1.50 bits per heavy atom. The van der Waals surface area contributed by atoms with E-state index in [1.807, 2.05) is 6.92 Å². The van der Waals surface area contributed by atoms with Gasteiger partial charge in [-0.1, -0.05) is 6.92 Å². The largest absolute Gasteiger partial charge is 0.481 e. The van der Waals surface area contributed by atoms with Gasteiger partial charge in [0.25, 0.3) is 0 Å². The molecule has 20 heavy (non-hydrogen) atoms. The first-order valence-corrected chi connectivity index (χ1v) is 6.94. The molecule has 7 heteroatoms. The van der Waals surface area contributed by atoms with Crippen molar-refractivity contribution < 1.29 is 19.5 Å². The third-order valence-electron chi connectivity index (χ3n) is 3.53. The number of carboxylic acid groups (broad SMARTS) is 1. The minimum Gasteiger partial charge on any atom is -0.481 e. The molecule has 0 saturated carbocycles. The number of carbonyl (C=O) groups excluding carboxylic acids is 2. The second-order valence-corrected chi connectivity index (χ2v) is 5.21. The lowest BCUT2D eigenvalue weighted by atomic mass is 10.0. The van der Waals surface area contributed by atoms with Crippen LogP contribution >= 0.6 is 0 Å². The summed E-state index contributed by atoms with van der Waals surface area (Å²) in [5, 5.41) is 11.4. The second-order valence-electron chi connectivity index (χ2n) is 5.21. The highest BCUT2D eigenvalue weighted by Gasteiger charge is 2.34. The molecule has 0 aromatic rings. The molecule has 1 fully saturated rings. The van der Waals surface area contributed by atoms with E-state index in [4.69, 9.17) is 10.8 Å². The fourth-order valence-electron chi connectivity index (χ4n) is 2.32. The van der Waals surface area contributed by atoms with Crippen LogP contribution in [-0.4, -0.2) is 53.5 Å². The van der Waals surface area contributed by atoms with Crippen LogP contribution in [0.15, 0.2) is 0 Å². The monoisotopic (exact) mass is 285 g/mol. The van der Waals surface area contributed by atoms with Crippen molar-refractivity contribution in [2.75, 3.05) is 19.6 Å². The molecule has 2 atom stereocenters. The molecular formula is C13H23N3O4. The Bertz CT molecular complexity index is 373. The Kier molecular flexibility index (Phi) is 6.44. The molecule has 4 N–H and O–H groups in total. The molecule has 1 saturated heterocycles. The van der Waals surface area contributed by atoms with E-state index in [1.165, 1.54) is 4.90 Å². The van der Waals surface area contributed by atoms with E-state index in [0.717, 1.165) is 6.42 Å². The average molecular weight is 285 g/mol. The van der Waals surface area contributed by atoms with Crippen molar-refractivity contribution in [3.63, 3.8) is 0 Å². The maximum Gasteiger partial charge on any atom is 0.305 e. The van der Waals surface area contributed by atoms with Crippen LogP contribution in [0.25, 0.3) is 0 Å². The summed E-state index contributed by atoms with van der Waals surface area (Å²) < 4.78 is 0. The molecule has 1 rings (SSSR count). The van der Waals surface area contributed by atoms with Crippen molar-refractivity contribution in [3.05, 3.63) is 0 Å². The number of hydrogen-bond donors (Lipinski definition) is 3. The summed E-state index contributed by atoms with van der Waals surface area (Å²) in [6, 6.07) is -0.890. The van der Waals surface area contributed by atoms with Crippen LogP contribution in [0.4, 0.5) is 0 Å². The van der Waals surface area contributed by atoms with E-state index < -0.39 is 12.0 Å². The molecule has 0 radical (unpaired) electrons. The highest BCUT2D eigenvalue weighted by molar-refractivity contribution is 5.91. The maximum atomic E-state index is 12.2. The maximum absolute atomic E-state index is 12.2. The van der Waals surface area contributed by atoms with Gasteiger partial charge in [-0.25, -0.2) is 0 Å². The van der Waals surface area contributed by atoms with Crippen molar-refractivity contribution in [1.82, 2.24) is 10.2 Å². The standard InChI is InChI=1S/C13H23N3O4/c1-9(4-5-14)2-3-11(17)16-7-6-15-13(20)10(16)8-12(18)19/h9-10H,2-8,14H2,1H3,(H,15,20)(H,18,19). The topological polar surface area (TPSA) is 113 Å². The Hall–Kier alpha value is -1.63. The van der Waals surface area contributed by atoms with Crippen molar-refractivity contribution in [3.8, 4) is 0 Å². The van der Waals surface area contributed by atoms with Gasteiger partial charge in [-0.3, -0.25) is 14.4 Å². The summed E-state index contributed by atoms with van der Waals surface area (Å²) in [7, 11) is 0. The molecule has 0 aromatic heterocycles. The summed E-state index contributed by atoms with van der Waals surface area (Å²) in [6.45, 7) is 3.35. The van der Waals surface area contributed by atoms with Crippen molar-refractivity contribution in [2.45, 2.75) is 38.6 Å². The first-order chi connectivity index (χ1) is 9.45. The van der Waals surface area contributed by atoms with Crippen LogP contribution < -0.4 is 11.1 Å². The average Bonchev–Trinajstić information content (AvgIpc) is 2.38. The van der Waals surface area contributed by atoms with Gasteiger partial charge in [0.15, 0.2) is 0 Å². The van der Waals surface area contributed by atoms with Gasteiger partial charge in [-0.15, -0.1) is 0 Å². The van der Waals surface area contributed by atoms with Gasteiger partial charge >= 0.3 is 5.97 Å². The minimum atomic E-state index is -1.08. The zero-order chi connectivity index (χ0) is 15.1. The Morgan fingerprint density at radius 3 is 2.80 bits per heavy atom. The van der Waals surface area contributed by atoms with Crippen molar-refractivity contribution in [1.29, 1.82) is 0 Å². The van der Waals surface area contributed by atoms with Crippen LogP contribution in [0.5, 0.6) is 0 Å².